The first-order valence-electron chi connectivity index (χ1n) is 10.8. The number of halogens is 3. The summed E-state index contributed by atoms with van der Waals surface area (Å²) in [5, 5.41) is 0. The fraction of sp³-hybridized carbons (Fsp3) is 0.565. The maximum atomic E-state index is 13.1. The largest absolute Gasteiger partial charge is 0.416 e. The summed E-state index contributed by atoms with van der Waals surface area (Å²) < 4.78 is 38.8. The van der Waals surface area contributed by atoms with E-state index in [1.54, 1.807) is 11.0 Å². The molecule has 0 bridgehead atoms. The van der Waals surface area contributed by atoms with E-state index in [4.69, 9.17) is 0 Å². The van der Waals surface area contributed by atoms with Crippen molar-refractivity contribution >= 4 is 17.9 Å². The summed E-state index contributed by atoms with van der Waals surface area (Å²) in [6.45, 7) is 1.49. The van der Waals surface area contributed by atoms with E-state index in [1.165, 1.54) is 18.2 Å². The van der Waals surface area contributed by atoms with Gasteiger partial charge < -0.3 is 9.80 Å². The Hall–Kier alpha value is -2.31. The summed E-state index contributed by atoms with van der Waals surface area (Å²) >= 11 is 0. The molecule has 2 saturated heterocycles. The van der Waals surface area contributed by atoms with E-state index in [-0.39, 0.29) is 17.9 Å². The molecule has 1 aromatic carbocycles. The van der Waals surface area contributed by atoms with E-state index in [0.29, 0.717) is 17.9 Å². The number of nitrogens with zero attached hydrogens (tertiary/aromatic N) is 2. The molecule has 0 radical (unpaired) electrons. The van der Waals surface area contributed by atoms with Gasteiger partial charge in [0.15, 0.2) is 0 Å². The molecule has 1 aliphatic carbocycles. The molecule has 2 heterocycles. The second-order valence-corrected chi connectivity index (χ2v) is 8.60. The Bertz CT molecular complexity index is 830. The van der Waals surface area contributed by atoms with Gasteiger partial charge in [-0.1, -0.05) is 25.0 Å². The predicted octanol–water partition coefficient (Wildman–Crippen LogP) is 4.50. The molecule has 30 heavy (non-hydrogen) atoms. The number of hydrogen-bond acceptors (Lipinski definition) is 2. The fourth-order valence-corrected chi connectivity index (χ4v) is 5.22. The first-order chi connectivity index (χ1) is 14.3. The minimum absolute atomic E-state index is 0.0303. The SMILES string of the molecule is O=C([C@@H]1C[C@@H]2CCCC[C@@H]2N1C(=O)/C=C/c1cccc(C(F)(F)F)c1)N1CCCC1. The zero-order valence-corrected chi connectivity index (χ0v) is 16.9. The second-order valence-electron chi connectivity index (χ2n) is 8.60. The molecule has 4 rings (SSSR count). The van der Waals surface area contributed by atoms with Crippen molar-refractivity contribution in [1.29, 1.82) is 0 Å². The van der Waals surface area contributed by atoms with Crippen molar-refractivity contribution in [3.8, 4) is 0 Å². The maximum Gasteiger partial charge on any atom is 0.416 e. The van der Waals surface area contributed by atoms with Crippen molar-refractivity contribution in [1.82, 2.24) is 9.80 Å². The molecule has 2 aliphatic heterocycles. The quantitative estimate of drug-likeness (QED) is 0.676. The van der Waals surface area contributed by atoms with Gasteiger partial charge in [-0.15, -0.1) is 0 Å². The van der Waals surface area contributed by atoms with Crippen LogP contribution in [0.5, 0.6) is 0 Å². The summed E-state index contributed by atoms with van der Waals surface area (Å²) in [6, 6.07) is 4.52. The third-order valence-corrected chi connectivity index (χ3v) is 6.68. The summed E-state index contributed by atoms with van der Waals surface area (Å²) in [6.07, 6.45) is 5.08. The number of hydrogen-bond donors (Lipinski definition) is 0. The number of carbonyl (C=O) groups is 2. The highest BCUT2D eigenvalue weighted by Gasteiger charge is 2.48. The van der Waals surface area contributed by atoms with Crippen molar-refractivity contribution < 1.29 is 22.8 Å². The van der Waals surface area contributed by atoms with Crippen LogP contribution in [-0.2, 0) is 15.8 Å². The van der Waals surface area contributed by atoms with Crippen LogP contribution in [0, 0.1) is 5.92 Å². The van der Waals surface area contributed by atoms with Gasteiger partial charge in [-0.25, -0.2) is 0 Å². The molecule has 1 saturated carbocycles. The first kappa shape index (κ1) is 20.9. The number of fused-ring (bicyclic) bond motifs is 1. The van der Waals surface area contributed by atoms with Crippen LogP contribution in [0.3, 0.4) is 0 Å². The Morgan fingerprint density at radius 2 is 1.77 bits per heavy atom. The number of amides is 2. The van der Waals surface area contributed by atoms with Gasteiger partial charge in [0.05, 0.1) is 5.56 Å². The Labute approximate surface area is 174 Å². The van der Waals surface area contributed by atoms with Crippen molar-refractivity contribution in [2.24, 2.45) is 5.92 Å². The molecule has 4 nitrogen and oxygen atoms in total. The molecule has 3 atom stereocenters. The number of likely N-dealkylation sites (tertiary alicyclic amines) is 2. The lowest BCUT2D eigenvalue weighted by atomic mass is 9.84. The number of benzene rings is 1. The summed E-state index contributed by atoms with van der Waals surface area (Å²) in [4.78, 5) is 29.8. The highest BCUT2D eigenvalue weighted by atomic mass is 19.4. The summed E-state index contributed by atoms with van der Waals surface area (Å²) in [5.41, 5.74) is -0.423. The smallest absolute Gasteiger partial charge is 0.341 e. The molecular weight excluding hydrogens is 393 g/mol. The fourth-order valence-electron chi connectivity index (χ4n) is 5.22. The zero-order valence-electron chi connectivity index (χ0n) is 16.9. The molecule has 3 aliphatic rings. The van der Waals surface area contributed by atoms with Crippen LogP contribution in [-0.4, -0.2) is 46.8 Å². The van der Waals surface area contributed by atoms with Crippen LogP contribution >= 0.6 is 0 Å². The zero-order chi connectivity index (χ0) is 21.3. The van der Waals surface area contributed by atoms with Crippen molar-refractivity contribution in [2.45, 2.75) is 63.2 Å². The van der Waals surface area contributed by atoms with Gasteiger partial charge in [-0.3, -0.25) is 9.59 Å². The van der Waals surface area contributed by atoms with E-state index >= 15 is 0 Å². The van der Waals surface area contributed by atoms with Crippen LogP contribution < -0.4 is 0 Å². The van der Waals surface area contributed by atoms with Gasteiger partial charge in [-0.2, -0.15) is 13.2 Å². The van der Waals surface area contributed by atoms with Gasteiger partial charge in [0.1, 0.15) is 6.04 Å². The molecule has 0 N–H and O–H groups in total. The third kappa shape index (κ3) is 4.25. The molecule has 0 spiro atoms. The number of rotatable bonds is 3. The van der Waals surface area contributed by atoms with E-state index in [0.717, 1.165) is 63.7 Å². The van der Waals surface area contributed by atoms with E-state index < -0.39 is 17.8 Å². The van der Waals surface area contributed by atoms with Gasteiger partial charge in [0.2, 0.25) is 11.8 Å². The molecule has 0 aromatic heterocycles. The second kappa shape index (κ2) is 8.44. The number of alkyl halides is 3. The Kier molecular flexibility index (Phi) is 5.89. The topological polar surface area (TPSA) is 40.6 Å². The Morgan fingerprint density at radius 1 is 1.03 bits per heavy atom. The minimum atomic E-state index is -4.43. The van der Waals surface area contributed by atoms with Crippen LogP contribution in [0.2, 0.25) is 0 Å². The van der Waals surface area contributed by atoms with E-state index in [1.807, 2.05) is 4.90 Å². The maximum absolute atomic E-state index is 13.1. The molecular formula is C23H27F3N2O2. The number of carbonyl (C=O) groups excluding carboxylic acids is 2. The Balaban J connectivity index is 1.55. The molecule has 162 valence electrons. The summed E-state index contributed by atoms with van der Waals surface area (Å²) in [5.74, 6) is 0.0864. The lowest BCUT2D eigenvalue weighted by molar-refractivity contribution is -0.142. The van der Waals surface area contributed by atoms with Crippen LogP contribution in [0.1, 0.15) is 56.1 Å². The molecule has 2 amide bonds. The molecule has 3 fully saturated rings. The van der Waals surface area contributed by atoms with Crippen molar-refractivity contribution in [3.63, 3.8) is 0 Å². The van der Waals surface area contributed by atoms with Crippen LogP contribution in [0.4, 0.5) is 13.2 Å². The lowest BCUT2D eigenvalue weighted by Gasteiger charge is -2.34. The average Bonchev–Trinajstić information content (AvgIpc) is 3.39. The van der Waals surface area contributed by atoms with Gasteiger partial charge in [0.25, 0.3) is 0 Å². The van der Waals surface area contributed by atoms with E-state index in [2.05, 4.69) is 0 Å². The molecule has 7 heteroatoms. The van der Waals surface area contributed by atoms with Gasteiger partial charge in [0, 0.05) is 25.2 Å². The summed E-state index contributed by atoms with van der Waals surface area (Å²) in [7, 11) is 0. The monoisotopic (exact) mass is 420 g/mol. The molecule has 1 aromatic rings. The highest BCUT2D eigenvalue weighted by Crippen LogP contribution is 2.40. The normalized spacial score (nSPS) is 27.0. The average molecular weight is 420 g/mol. The van der Waals surface area contributed by atoms with E-state index in [9.17, 15) is 22.8 Å². The standard InChI is InChI=1S/C23H27F3N2O2/c24-23(25,26)18-8-5-6-16(14-18)10-11-21(29)28-19-9-2-1-7-17(19)15-20(28)22(30)27-12-3-4-13-27/h5-6,8,10-11,14,17,19-20H,1-4,7,9,12-13,15H2/b11-10+/t17-,19-,20-/m0/s1. The third-order valence-electron chi connectivity index (χ3n) is 6.68. The van der Waals surface area contributed by atoms with Crippen molar-refractivity contribution in [2.75, 3.05) is 13.1 Å². The minimum Gasteiger partial charge on any atom is -0.341 e. The van der Waals surface area contributed by atoms with Crippen molar-refractivity contribution in [3.05, 3.63) is 41.5 Å². The molecule has 0 unspecified atom stereocenters. The lowest BCUT2D eigenvalue weighted by Crippen LogP contribution is -2.49. The highest BCUT2D eigenvalue weighted by molar-refractivity contribution is 5.96. The first-order valence-corrected chi connectivity index (χ1v) is 10.8. The predicted molar refractivity (Wildman–Crippen MR) is 107 cm³/mol. The van der Waals surface area contributed by atoms with Gasteiger partial charge in [-0.05, 0) is 61.8 Å². The van der Waals surface area contributed by atoms with Crippen LogP contribution in [0.15, 0.2) is 30.3 Å². The Morgan fingerprint density at radius 3 is 2.50 bits per heavy atom. The van der Waals surface area contributed by atoms with Crippen LogP contribution in [0.25, 0.3) is 6.08 Å². The van der Waals surface area contributed by atoms with Gasteiger partial charge >= 0.3 is 6.18 Å².